The molecule has 82 valence electrons. The van der Waals surface area contributed by atoms with Crippen molar-refractivity contribution in [3.8, 4) is 0 Å². The van der Waals surface area contributed by atoms with E-state index in [4.69, 9.17) is 4.42 Å². The summed E-state index contributed by atoms with van der Waals surface area (Å²) in [7, 11) is 0. The van der Waals surface area contributed by atoms with E-state index in [1.807, 2.05) is 50.4 Å². The minimum absolute atomic E-state index is 0.899. The van der Waals surface area contributed by atoms with Crippen LogP contribution in [-0.4, -0.2) is 6.21 Å². The van der Waals surface area contributed by atoms with Crippen molar-refractivity contribution in [2.75, 3.05) is 0 Å². The highest BCUT2D eigenvalue weighted by atomic mass is 79.9. The molecule has 16 heavy (non-hydrogen) atoms. The van der Waals surface area contributed by atoms with Gasteiger partial charge in [0.15, 0.2) is 0 Å². The van der Waals surface area contributed by atoms with Crippen LogP contribution >= 0.6 is 15.9 Å². The molecule has 2 aromatic rings. The van der Waals surface area contributed by atoms with Gasteiger partial charge in [-0.2, -0.15) is 0 Å². The standard InChI is InChI=1S/C13H12BrNO/c1-9-6-11(10(2)16-9)8-15-13-5-3-4-12(14)7-13/h3-8H,1-2H3. The molecule has 1 aromatic heterocycles. The van der Waals surface area contributed by atoms with E-state index >= 15 is 0 Å². The van der Waals surface area contributed by atoms with Gasteiger partial charge in [-0.15, -0.1) is 0 Å². The van der Waals surface area contributed by atoms with E-state index in [1.54, 1.807) is 0 Å². The monoisotopic (exact) mass is 277 g/mol. The van der Waals surface area contributed by atoms with Crippen LogP contribution < -0.4 is 0 Å². The topological polar surface area (TPSA) is 25.5 Å². The molecule has 0 atom stereocenters. The molecule has 0 saturated heterocycles. The summed E-state index contributed by atoms with van der Waals surface area (Å²) in [5.74, 6) is 1.81. The van der Waals surface area contributed by atoms with Crippen molar-refractivity contribution in [1.82, 2.24) is 0 Å². The second-order valence-electron chi connectivity index (χ2n) is 3.61. The van der Waals surface area contributed by atoms with Crippen LogP contribution in [0.25, 0.3) is 0 Å². The summed E-state index contributed by atoms with van der Waals surface area (Å²) >= 11 is 3.41. The minimum Gasteiger partial charge on any atom is -0.466 e. The molecule has 0 N–H and O–H groups in total. The maximum Gasteiger partial charge on any atom is 0.109 e. The van der Waals surface area contributed by atoms with Gasteiger partial charge >= 0.3 is 0 Å². The zero-order chi connectivity index (χ0) is 11.5. The van der Waals surface area contributed by atoms with Crippen molar-refractivity contribution in [2.45, 2.75) is 13.8 Å². The SMILES string of the molecule is Cc1cc(C=Nc2cccc(Br)c2)c(C)o1. The number of furan rings is 1. The van der Waals surface area contributed by atoms with Gasteiger partial charge in [-0.1, -0.05) is 22.0 Å². The molecule has 0 spiro atoms. The minimum atomic E-state index is 0.899. The molecule has 3 heteroatoms. The van der Waals surface area contributed by atoms with Crippen LogP contribution in [0.5, 0.6) is 0 Å². The first-order chi connectivity index (χ1) is 7.65. The van der Waals surface area contributed by atoms with Gasteiger partial charge in [-0.05, 0) is 38.1 Å². The molecule has 0 aliphatic carbocycles. The highest BCUT2D eigenvalue weighted by Crippen LogP contribution is 2.19. The average Bonchev–Trinajstić information content (AvgIpc) is 2.54. The van der Waals surface area contributed by atoms with Gasteiger partial charge in [0.25, 0.3) is 0 Å². The van der Waals surface area contributed by atoms with E-state index in [1.165, 1.54) is 0 Å². The first-order valence-corrected chi connectivity index (χ1v) is 5.81. The summed E-state index contributed by atoms with van der Waals surface area (Å²) in [5, 5.41) is 0. The zero-order valence-electron chi connectivity index (χ0n) is 9.20. The number of hydrogen-bond donors (Lipinski definition) is 0. The lowest BCUT2D eigenvalue weighted by Crippen LogP contribution is -1.78. The maximum atomic E-state index is 5.43. The molecule has 0 amide bonds. The Balaban J connectivity index is 2.24. The van der Waals surface area contributed by atoms with E-state index in [0.717, 1.165) is 27.2 Å². The average molecular weight is 278 g/mol. The molecular formula is C13H12BrNO. The third-order valence-corrected chi connectivity index (χ3v) is 2.73. The van der Waals surface area contributed by atoms with Gasteiger partial charge in [0.05, 0.1) is 5.69 Å². The van der Waals surface area contributed by atoms with Gasteiger partial charge in [0.2, 0.25) is 0 Å². The Kier molecular flexibility index (Phi) is 3.25. The second-order valence-corrected chi connectivity index (χ2v) is 4.52. The maximum absolute atomic E-state index is 5.43. The third-order valence-electron chi connectivity index (χ3n) is 2.24. The zero-order valence-corrected chi connectivity index (χ0v) is 10.8. The lowest BCUT2D eigenvalue weighted by molar-refractivity contribution is 0.504. The second kappa shape index (κ2) is 4.66. The molecule has 1 heterocycles. The summed E-state index contributed by atoms with van der Waals surface area (Å²) in [6.07, 6.45) is 1.83. The Bertz CT molecular complexity index is 528. The Labute approximate surface area is 103 Å². The predicted molar refractivity (Wildman–Crippen MR) is 69.6 cm³/mol. The summed E-state index contributed by atoms with van der Waals surface area (Å²) in [5.41, 5.74) is 1.95. The molecular weight excluding hydrogens is 266 g/mol. The fourth-order valence-corrected chi connectivity index (χ4v) is 1.87. The number of hydrogen-bond acceptors (Lipinski definition) is 2. The smallest absolute Gasteiger partial charge is 0.109 e. The first kappa shape index (κ1) is 11.1. The van der Waals surface area contributed by atoms with E-state index in [0.29, 0.717) is 0 Å². The lowest BCUT2D eigenvalue weighted by Gasteiger charge is -1.93. The Morgan fingerprint density at radius 3 is 2.69 bits per heavy atom. The number of aryl methyl sites for hydroxylation is 2. The highest BCUT2D eigenvalue weighted by Gasteiger charge is 2.00. The quantitative estimate of drug-likeness (QED) is 0.747. The van der Waals surface area contributed by atoms with Crippen molar-refractivity contribution in [2.24, 2.45) is 4.99 Å². The van der Waals surface area contributed by atoms with E-state index < -0.39 is 0 Å². The highest BCUT2D eigenvalue weighted by molar-refractivity contribution is 9.10. The summed E-state index contributed by atoms with van der Waals surface area (Å²) < 4.78 is 6.46. The van der Waals surface area contributed by atoms with E-state index in [9.17, 15) is 0 Å². The molecule has 0 bridgehead atoms. The molecule has 0 aliphatic rings. The van der Waals surface area contributed by atoms with Crippen molar-refractivity contribution in [3.63, 3.8) is 0 Å². The van der Waals surface area contributed by atoms with Gasteiger partial charge < -0.3 is 4.42 Å². The number of rotatable bonds is 2. The van der Waals surface area contributed by atoms with Gasteiger partial charge in [-0.25, -0.2) is 0 Å². The van der Waals surface area contributed by atoms with Gasteiger partial charge in [0.1, 0.15) is 11.5 Å². The molecule has 0 aliphatic heterocycles. The largest absolute Gasteiger partial charge is 0.466 e. The molecule has 1 aromatic carbocycles. The molecule has 2 rings (SSSR count). The normalized spacial score (nSPS) is 11.2. The van der Waals surface area contributed by atoms with Crippen molar-refractivity contribution in [1.29, 1.82) is 0 Å². The molecule has 0 unspecified atom stereocenters. The lowest BCUT2D eigenvalue weighted by atomic mass is 10.2. The van der Waals surface area contributed by atoms with Crippen LogP contribution in [0.4, 0.5) is 5.69 Å². The summed E-state index contributed by atoms with van der Waals surface area (Å²) in [6, 6.07) is 9.86. The van der Waals surface area contributed by atoms with Crippen LogP contribution in [0.15, 0.2) is 44.2 Å². The molecule has 0 saturated carbocycles. The molecule has 0 fully saturated rings. The number of benzene rings is 1. The Morgan fingerprint density at radius 2 is 2.06 bits per heavy atom. The van der Waals surface area contributed by atoms with Crippen LogP contribution in [-0.2, 0) is 0 Å². The van der Waals surface area contributed by atoms with Gasteiger partial charge in [-0.3, -0.25) is 4.99 Å². The van der Waals surface area contributed by atoms with Crippen molar-refractivity contribution >= 4 is 27.8 Å². The fraction of sp³-hybridized carbons (Fsp3) is 0.154. The van der Waals surface area contributed by atoms with Crippen LogP contribution in [0.1, 0.15) is 17.1 Å². The Hall–Kier alpha value is -1.35. The number of nitrogens with zero attached hydrogens (tertiary/aromatic N) is 1. The van der Waals surface area contributed by atoms with Crippen LogP contribution in [0.2, 0.25) is 0 Å². The van der Waals surface area contributed by atoms with Crippen LogP contribution in [0.3, 0.4) is 0 Å². The van der Waals surface area contributed by atoms with Crippen molar-refractivity contribution in [3.05, 3.63) is 51.9 Å². The number of halogens is 1. The number of aliphatic imine (C=N–C) groups is 1. The molecule has 0 radical (unpaired) electrons. The summed E-state index contributed by atoms with van der Waals surface area (Å²) in [4.78, 5) is 4.40. The van der Waals surface area contributed by atoms with E-state index in [-0.39, 0.29) is 0 Å². The first-order valence-electron chi connectivity index (χ1n) is 5.02. The molecule has 2 nitrogen and oxygen atoms in total. The Morgan fingerprint density at radius 1 is 1.25 bits per heavy atom. The predicted octanol–water partition coefficient (Wildman–Crippen LogP) is 4.41. The fourth-order valence-electron chi connectivity index (χ4n) is 1.48. The van der Waals surface area contributed by atoms with E-state index in [2.05, 4.69) is 20.9 Å². The summed E-state index contributed by atoms with van der Waals surface area (Å²) in [6.45, 7) is 3.87. The third kappa shape index (κ3) is 2.61. The van der Waals surface area contributed by atoms with Crippen molar-refractivity contribution < 1.29 is 4.42 Å². The van der Waals surface area contributed by atoms with Crippen LogP contribution in [0, 0.1) is 13.8 Å². The van der Waals surface area contributed by atoms with Gasteiger partial charge in [0, 0.05) is 16.3 Å².